The summed E-state index contributed by atoms with van der Waals surface area (Å²) in [7, 11) is 1.81. The molecule has 1 saturated carbocycles. The summed E-state index contributed by atoms with van der Waals surface area (Å²) in [5, 5.41) is 10.8. The molecular formula is C37H67N3O6. The molecule has 4 fully saturated rings. The average Bonchev–Trinajstić information content (AvgIpc) is 2.83. The highest BCUT2D eigenvalue weighted by Gasteiger charge is 2.44. The normalized spacial score (nSPS) is 31.9. The van der Waals surface area contributed by atoms with Gasteiger partial charge in [0.15, 0.2) is 0 Å². The van der Waals surface area contributed by atoms with Gasteiger partial charge >= 0.3 is 11.9 Å². The highest BCUT2D eigenvalue weighted by atomic mass is 16.5. The lowest BCUT2D eigenvalue weighted by Crippen LogP contribution is -2.60. The maximum Gasteiger partial charge on any atom is 0.309 e. The number of methoxy groups -OCH3 is 1. The first-order valence-corrected chi connectivity index (χ1v) is 17.6. The Morgan fingerprint density at radius 1 is 0.522 bits per heavy atom. The van der Waals surface area contributed by atoms with Crippen molar-refractivity contribution < 1.29 is 28.6 Å². The number of nitrogens with one attached hydrogen (secondary N) is 3. The van der Waals surface area contributed by atoms with E-state index in [1.54, 1.807) is 0 Å². The molecule has 3 aliphatic heterocycles. The van der Waals surface area contributed by atoms with Crippen molar-refractivity contribution >= 4 is 18.2 Å². The lowest BCUT2D eigenvalue weighted by Gasteiger charge is -2.46. The van der Waals surface area contributed by atoms with Crippen LogP contribution in [0.1, 0.15) is 141 Å². The van der Waals surface area contributed by atoms with Crippen LogP contribution in [0.25, 0.3) is 0 Å². The molecule has 266 valence electrons. The summed E-state index contributed by atoms with van der Waals surface area (Å²) in [5.74, 6) is -1.81. The Labute approximate surface area is 279 Å². The van der Waals surface area contributed by atoms with Crippen LogP contribution in [0, 0.1) is 17.8 Å². The highest BCUT2D eigenvalue weighted by molar-refractivity contribution is 5.78. The molecule has 3 heterocycles. The fraction of sp³-hybridized carbons (Fsp3) is 0.919. The van der Waals surface area contributed by atoms with Crippen LogP contribution in [0.3, 0.4) is 0 Å². The summed E-state index contributed by atoms with van der Waals surface area (Å²) in [4.78, 5) is 38.0. The van der Waals surface area contributed by atoms with Gasteiger partial charge in [-0.25, -0.2) is 0 Å². The molecule has 9 nitrogen and oxygen atoms in total. The van der Waals surface area contributed by atoms with Gasteiger partial charge in [0.05, 0.1) is 17.9 Å². The monoisotopic (exact) mass is 650 g/mol. The van der Waals surface area contributed by atoms with Crippen molar-refractivity contribution in [1.82, 2.24) is 16.0 Å². The van der Waals surface area contributed by atoms with Crippen molar-refractivity contribution in [2.45, 2.75) is 192 Å². The molecule has 9 heteroatoms. The molecule has 1 aliphatic carbocycles. The van der Waals surface area contributed by atoms with Crippen molar-refractivity contribution in [2.75, 3.05) is 7.11 Å². The van der Waals surface area contributed by atoms with Crippen molar-refractivity contribution in [3.63, 3.8) is 0 Å². The summed E-state index contributed by atoms with van der Waals surface area (Å²) >= 11 is 0. The first kappa shape index (κ1) is 38.9. The molecule has 4 rings (SSSR count). The van der Waals surface area contributed by atoms with Crippen LogP contribution in [0.2, 0.25) is 0 Å². The maximum absolute atomic E-state index is 13.2. The molecule has 0 spiro atoms. The zero-order valence-electron chi connectivity index (χ0n) is 31.4. The smallest absolute Gasteiger partial charge is 0.309 e. The maximum atomic E-state index is 13.2. The number of rotatable bonds is 6. The van der Waals surface area contributed by atoms with E-state index in [9.17, 15) is 14.4 Å². The first-order valence-electron chi connectivity index (χ1n) is 17.6. The minimum atomic E-state index is -0.455. The van der Waals surface area contributed by atoms with Crippen LogP contribution in [0.4, 0.5) is 0 Å². The molecular weight excluding hydrogens is 582 g/mol. The number of hydrogen-bond donors (Lipinski definition) is 3. The molecule has 0 bridgehead atoms. The molecule has 0 aromatic heterocycles. The van der Waals surface area contributed by atoms with Gasteiger partial charge in [-0.3, -0.25) is 9.59 Å². The van der Waals surface area contributed by atoms with E-state index in [-0.39, 0.29) is 63.3 Å². The largest absolute Gasteiger partial charge is 0.462 e. The van der Waals surface area contributed by atoms with Crippen LogP contribution in [-0.4, -0.2) is 76.9 Å². The van der Waals surface area contributed by atoms with Gasteiger partial charge < -0.3 is 35.0 Å². The van der Waals surface area contributed by atoms with E-state index in [0.717, 1.165) is 44.8 Å². The van der Waals surface area contributed by atoms with E-state index in [1.165, 1.54) is 0 Å². The third-order valence-electron chi connectivity index (χ3n) is 9.96. The van der Waals surface area contributed by atoms with Gasteiger partial charge in [0, 0.05) is 71.9 Å². The lowest BCUT2D eigenvalue weighted by atomic mass is 9.75. The summed E-state index contributed by atoms with van der Waals surface area (Å²) in [6.07, 6.45) is 7.35. The van der Waals surface area contributed by atoms with Crippen molar-refractivity contribution in [1.29, 1.82) is 0 Å². The molecule has 4 aliphatic rings. The standard InChI is InChI=1S/C27H46N2O5.C10H21NO/c1-24(2)12-20(13-25(3,4)28-24)33-22(31)18-9-17(16-30)10-19(11-18)23(32)34-21-14-26(5,6)29-27(7,8)15-21;1-9(2)6-8(12-5)7-10(3,4)11-9/h16-21,28-29H,9-15H2,1-8H3;8,11H,6-7H2,1-5H3. The van der Waals surface area contributed by atoms with E-state index < -0.39 is 11.8 Å². The third-order valence-corrected chi connectivity index (χ3v) is 9.96. The second kappa shape index (κ2) is 14.1. The molecule has 46 heavy (non-hydrogen) atoms. The lowest BCUT2D eigenvalue weighted by molar-refractivity contribution is -0.165. The van der Waals surface area contributed by atoms with Crippen molar-refractivity contribution in [3.8, 4) is 0 Å². The Hall–Kier alpha value is -1.55. The Kier molecular flexibility index (Phi) is 11.9. The Morgan fingerprint density at radius 2 is 0.804 bits per heavy atom. The average molecular weight is 650 g/mol. The van der Waals surface area contributed by atoms with E-state index in [2.05, 4.69) is 99.0 Å². The molecule has 3 N–H and O–H groups in total. The number of carbonyl (C=O) groups is 3. The van der Waals surface area contributed by atoms with Gasteiger partial charge in [-0.05, 0) is 115 Å². The van der Waals surface area contributed by atoms with Crippen molar-refractivity contribution in [3.05, 3.63) is 0 Å². The molecule has 2 unspecified atom stereocenters. The molecule has 0 aromatic rings. The predicted octanol–water partition coefficient (Wildman–Crippen LogP) is 5.86. The van der Waals surface area contributed by atoms with Crippen LogP contribution in [0.15, 0.2) is 0 Å². The first-order chi connectivity index (χ1) is 20.8. The molecule has 3 saturated heterocycles. The Bertz CT molecular complexity index is 973. The van der Waals surface area contributed by atoms with Gasteiger partial charge in [-0.15, -0.1) is 0 Å². The number of ether oxygens (including phenoxy) is 3. The Morgan fingerprint density at radius 3 is 1.07 bits per heavy atom. The third kappa shape index (κ3) is 11.9. The number of aldehydes is 1. The molecule has 0 aromatic carbocycles. The quantitative estimate of drug-likeness (QED) is 0.240. The van der Waals surface area contributed by atoms with Crippen molar-refractivity contribution in [2.24, 2.45) is 17.8 Å². The SMILES string of the molecule is CC1(C)CC(OC(=O)C2CC(C=O)CC(C(=O)OC3CC(C)(C)NC(C)(C)C3)C2)CC(C)(C)N1.COC1CC(C)(C)NC(C)(C)C1. The minimum Gasteiger partial charge on any atom is -0.462 e. The van der Waals surface area contributed by atoms with Gasteiger partial charge in [0.25, 0.3) is 0 Å². The summed E-state index contributed by atoms with van der Waals surface area (Å²) < 4.78 is 17.4. The molecule has 0 radical (unpaired) electrons. The van der Waals surface area contributed by atoms with Crippen LogP contribution in [-0.2, 0) is 28.6 Å². The number of hydrogen-bond acceptors (Lipinski definition) is 9. The molecule has 0 amide bonds. The number of esters is 2. The zero-order chi connectivity index (χ0) is 34.9. The van der Waals surface area contributed by atoms with Gasteiger partial charge in [0.1, 0.15) is 18.5 Å². The predicted molar refractivity (Wildman–Crippen MR) is 183 cm³/mol. The van der Waals surface area contributed by atoms with E-state index >= 15 is 0 Å². The van der Waals surface area contributed by atoms with E-state index in [0.29, 0.717) is 25.4 Å². The topological polar surface area (TPSA) is 115 Å². The van der Waals surface area contributed by atoms with Gasteiger partial charge in [-0.2, -0.15) is 0 Å². The van der Waals surface area contributed by atoms with E-state index in [1.807, 2.05) is 7.11 Å². The second-order valence-electron chi connectivity index (χ2n) is 18.9. The molecule has 2 atom stereocenters. The fourth-order valence-corrected chi connectivity index (χ4v) is 9.40. The van der Waals surface area contributed by atoms with Gasteiger partial charge in [0.2, 0.25) is 0 Å². The van der Waals surface area contributed by atoms with Gasteiger partial charge in [-0.1, -0.05) is 0 Å². The zero-order valence-corrected chi connectivity index (χ0v) is 31.4. The minimum absolute atomic E-state index is 0.132. The fourth-order valence-electron chi connectivity index (χ4n) is 9.40. The summed E-state index contributed by atoms with van der Waals surface area (Å²) in [6, 6.07) is 0. The van der Waals surface area contributed by atoms with Crippen LogP contribution >= 0.6 is 0 Å². The van der Waals surface area contributed by atoms with E-state index in [4.69, 9.17) is 14.2 Å². The highest BCUT2D eigenvalue weighted by Crippen LogP contribution is 2.38. The number of carbonyl (C=O) groups excluding carboxylic acids is 3. The van der Waals surface area contributed by atoms with Crippen LogP contribution < -0.4 is 16.0 Å². The summed E-state index contributed by atoms with van der Waals surface area (Å²) in [5.41, 5.74) is -0.105. The summed E-state index contributed by atoms with van der Waals surface area (Å²) in [6.45, 7) is 25.9. The Balaban J connectivity index is 0.000000402. The number of piperidine rings is 3. The second-order valence-corrected chi connectivity index (χ2v) is 18.9. The van der Waals surface area contributed by atoms with Crippen LogP contribution in [0.5, 0.6) is 0 Å².